The van der Waals surface area contributed by atoms with Crippen molar-refractivity contribution in [2.24, 2.45) is 10.9 Å². The molecule has 0 unspecified atom stereocenters. The number of esters is 1. The highest BCUT2D eigenvalue weighted by atomic mass is 19.4. The van der Waals surface area contributed by atoms with Crippen LogP contribution in [-0.2, 0) is 20.7 Å². The van der Waals surface area contributed by atoms with Gasteiger partial charge >= 0.3 is 18.1 Å². The van der Waals surface area contributed by atoms with Crippen LogP contribution in [0.5, 0.6) is 0 Å². The number of aliphatic carboxylic acids is 1. The van der Waals surface area contributed by atoms with Gasteiger partial charge in [0.1, 0.15) is 11.9 Å². The molecule has 0 aliphatic rings. The maximum Gasteiger partial charge on any atom is 0.490 e. The summed E-state index contributed by atoms with van der Waals surface area (Å²) in [6.45, 7) is 0. The van der Waals surface area contributed by atoms with Crippen molar-refractivity contribution in [2.75, 3.05) is 7.11 Å². The van der Waals surface area contributed by atoms with Gasteiger partial charge in [0.25, 0.3) is 5.91 Å². The monoisotopic (exact) mass is 558 g/mol. The van der Waals surface area contributed by atoms with Crippen LogP contribution in [0, 0.1) is 17.1 Å². The molecule has 1 atom stereocenters. The number of nitriles is 1. The van der Waals surface area contributed by atoms with Crippen LogP contribution in [0.1, 0.15) is 27.0 Å². The van der Waals surface area contributed by atoms with Crippen molar-refractivity contribution < 1.29 is 41.8 Å². The number of benzene rings is 3. The average Bonchev–Trinajstić information content (AvgIpc) is 2.92. The van der Waals surface area contributed by atoms with Gasteiger partial charge in [-0.05, 0) is 47.0 Å². The van der Waals surface area contributed by atoms with E-state index < -0.39 is 35.9 Å². The van der Waals surface area contributed by atoms with Crippen molar-refractivity contribution in [3.8, 4) is 17.2 Å². The van der Waals surface area contributed by atoms with E-state index in [0.717, 1.165) is 11.1 Å². The Kier molecular flexibility index (Phi) is 10.9. The lowest BCUT2D eigenvalue weighted by Gasteiger charge is -2.17. The third-order valence-electron chi connectivity index (χ3n) is 5.21. The number of carbonyl (C=O) groups excluding carboxylic acids is 2. The highest BCUT2D eigenvalue weighted by molar-refractivity contribution is 5.97. The minimum absolute atomic E-state index is 0.206. The minimum Gasteiger partial charge on any atom is -0.475 e. The first kappa shape index (κ1) is 31.0. The molecule has 13 heteroatoms. The molecule has 208 valence electrons. The van der Waals surface area contributed by atoms with E-state index in [-0.39, 0.29) is 6.42 Å². The van der Waals surface area contributed by atoms with Crippen LogP contribution in [0.2, 0.25) is 0 Å². The number of rotatable bonds is 7. The molecule has 0 aliphatic carbocycles. The molecular formula is C27H22F4N4O5. The number of halogens is 4. The Balaban J connectivity index is 0.000000708. The molecule has 0 fully saturated rings. The van der Waals surface area contributed by atoms with Gasteiger partial charge in [0.05, 0.1) is 25.0 Å². The minimum atomic E-state index is -5.08. The number of alkyl halides is 3. The van der Waals surface area contributed by atoms with Gasteiger partial charge in [0.15, 0.2) is 0 Å². The number of nitrogens with zero attached hydrogens (tertiary/aromatic N) is 2. The van der Waals surface area contributed by atoms with E-state index in [1.54, 1.807) is 36.4 Å². The first-order chi connectivity index (χ1) is 18.9. The fourth-order valence-electron chi connectivity index (χ4n) is 3.35. The largest absolute Gasteiger partial charge is 0.490 e. The number of nitrogens with one attached hydrogen (secondary N) is 1. The molecule has 1 amide bonds. The number of hydrazone groups is 1. The summed E-state index contributed by atoms with van der Waals surface area (Å²) in [5.74, 6) is 0.903. The number of carboxylic acids is 1. The topological polar surface area (TPSA) is 155 Å². The fourth-order valence-corrected chi connectivity index (χ4v) is 3.35. The lowest BCUT2D eigenvalue weighted by molar-refractivity contribution is -0.192. The van der Waals surface area contributed by atoms with E-state index in [2.05, 4.69) is 10.4 Å². The van der Waals surface area contributed by atoms with E-state index in [4.69, 9.17) is 20.5 Å². The number of carboxylic acid groups (broad SMARTS) is 1. The molecule has 0 heterocycles. The summed E-state index contributed by atoms with van der Waals surface area (Å²) in [6.07, 6.45) is -3.40. The standard InChI is InChI=1S/C25H21FN4O3.C2HF3O2/c1-33-25(32)23(12-16-3-2-4-17(11-16)15-29-28)30-24(31)19-7-5-18(6-8-19)22-13-21(26)10-9-20(22)14-27;3-2(4,5)1(6)7/h2-11,13,15,23H,12,28H2,1H3,(H,30,31);(H,6,7)/t23-;/m0./s1. The number of hydrogen-bond donors (Lipinski definition) is 3. The molecule has 9 nitrogen and oxygen atoms in total. The highest BCUT2D eigenvalue weighted by Crippen LogP contribution is 2.25. The molecule has 0 aromatic heterocycles. The van der Waals surface area contributed by atoms with E-state index in [9.17, 15) is 32.4 Å². The summed E-state index contributed by atoms with van der Waals surface area (Å²) in [7, 11) is 1.25. The summed E-state index contributed by atoms with van der Waals surface area (Å²) in [4.78, 5) is 34.0. The van der Waals surface area contributed by atoms with E-state index >= 15 is 0 Å². The maximum absolute atomic E-state index is 13.6. The fraction of sp³-hybridized carbons (Fsp3) is 0.148. The summed E-state index contributed by atoms with van der Waals surface area (Å²) in [5, 5.41) is 22.6. The van der Waals surface area contributed by atoms with E-state index in [1.807, 2.05) is 18.2 Å². The third-order valence-corrected chi connectivity index (χ3v) is 5.21. The molecule has 0 saturated carbocycles. The number of methoxy groups -OCH3 is 1. The maximum atomic E-state index is 13.6. The Bertz CT molecular complexity index is 1430. The molecule has 3 aromatic carbocycles. The Morgan fingerprint density at radius 1 is 1.12 bits per heavy atom. The lowest BCUT2D eigenvalue weighted by atomic mass is 9.98. The van der Waals surface area contributed by atoms with Crippen LogP contribution in [0.15, 0.2) is 71.8 Å². The van der Waals surface area contributed by atoms with Gasteiger partial charge in [-0.15, -0.1) is 0 Å². The van der Waals surface area contributed by atoms with Crippen molar-refractivity contribution in [3.63, 3.8) is 0 Å². The normalized spacial score (nSPS) is 11.5. The SMILES string of the molecule is COC(=O)[C@H](Cc1cccc(C=NN)c1)NC(=O)c1ccc(-c2cc(F)ccc2C#N)cc1.O=C(O)C(F)(F)F. The molecule has 0 saturated heterocycles. The van der Waals surface area contributed by atoms with E-state index in [0.29, 0.717) is 22.3 Å². The van der Waals surface area contributed by atoms with Crippen LogP contribution < -0.4 is 11.2 Å². The first-order valence-electron chi connectivity index (χ1n) is 11.2. The van der Waals surface area contributed by atoms with Gasteiger partial charge in [0.2, 0.25) is 0 Å². The van der Waals surface area contributed by atoms with Gasteiger partial charge in [0, 0.05) is 17.5 Å². The third kappa shape index (κ3) is 8.95. The molecule has 0 aliphatic heterocycles. The van der Waals surface area contributed by atoms with Crippen molar-refractivity contribution in [3.05, 3.63) is 94.8 Å². The number of ether oxygens (including phenoxy) is 1. The Morgan fingerprint density at radius 3 is 2.33 bits per heavy atom. The van der Waals surface area contributed by atoms with Crippen molar-refractivity contribution in [1.82, 2.24) is 5.32 Å². The van der Waals surface area contributed by atoms with Crippen molar-refractivity contribution in [1.29, 1.82) is 5.26 Å². The molecule has 3 aromatic rings. The number of hydrogen-bond acceptors (Lipinski definition) is 7. The quantitative estimate of drug-likeness (QED) is 0.131. The summed E-state index contributed by atoms with van der Waals surface area (Å²) < 4.78 is 50.2. The molecule has 3 rings (SSSR count). The van der Waals surface area contributed by atoms with Crippen LogP contribution in [0.25, 0.3) is 11.1 Å². The molecule has 0 bridgehead atoms. The molecular weight excluding hydrogens is 536 g/mol. The number of amides is 1. The summed E-state index contributed by atoms with van der Waals surface area (Å²) >= 11 is 0. The Labute approximate surface area is 225 Å². The van der Waals surface area contributed by atoms with Crippen LogP contribution in [-0.4, -0.2) is 48.5 Å². The average molecular weight is 558 g/mol. The predicted octanol–water partition coefficient (Wildman–Crippen LogP) is 3.80. The summed E-state index contributed by atoms with van der Waals surface area (Å²) in [5.41, 5.74) is 3.18. The Hall–Kier alpha value is -5.25. The highest BCUT2D eigenvalue weighted by Gasteiger charge is 2.38. The van der Waals surface area contributed by atoms with Crippen molar-refractivity contribution >= 4 is 24.1 Å². The first-order valence-corrected chi connectivity index (χ1v) is 11.2. The molecule has 4 N–H and O–H groups in total. The molecule has 0 radical (unpaired) electrons. The van der Waals surface area contributed by atoms with Gasteiger partial charge in [-0.2, -0.15) is 23.5 Å². The zero-order valence-electron chi connectivity index (χ0n) is 20.8. The van der Waals surface area contributed by atoms with Gasteiger partial charge in [-0.25, -0.2) is 14.0 Å². The van der Waals surface area contributed by atoms with Crippen molar-refractivity contribution in [2.45, 2.75) is 18.6 Å². The Morgan fingerprint density at radius 2 is 1.77 bits per heavy atom. The van der Waals surface area contributed by atoms with Gasteiger partial charge in [-0.3, -0.25) is 4.79 Å². The van der Waals surface area contributed by atoms with Crippen LogP contribution in [0.3, 0.4) is 0 Å². The van der Waals surface area contributed by atoms with Gasteiger partial charge in [-0.1, -0.05) is 36.4 Å². The molecule has 40 heavy (non-hydrogen) atoms. The second kappa shape index (κ2) is 14.1. The lowest BCUT2D eigenvalue weighted by Crippen LogP contribution is -2.43. The molecule has 0 spiro atoms. The van der Waals surface area contributed by atoms with Crippen LogP contribution >= 0.6 is 0 Å². The predicted molar refractivity (Wildman–Crippen MR) is 135 cm³/mol. The number of nitrogens with two attached hydrogens (primary N) is 1. The second-order valence-electron chi connectivity index (χ2n) is 7.96. The van der Waals surface area contributed by atoms with Crippen LogP contribution in [0.4, 0.5) is 17.6 Å². The number of carbonyl (C=O) groups is 3. The zero-order valence-corrected chi connectivity index (χ0v) is 20.8. The zero-order chi connectivity index (χ0) is 29.9. The van der Waals surface area contributed by atoms with E-state index in [1.165, 1.54) is 31.5 Å². The smallest absolute Gasteiger partial charge is 0.475 e. The van der Waals surface area contributed by atoms with Gasteiger partial charge < -0.3 is 21.0 Å². The summed E-state index contributed by atoms with van der Waals surface area (Å²) in [6, 6.07) is 18.6. The second-order valence-corrected chi connectivity index (χ2v) is 7.96.